The summed E-state index contributed by atoms with van der Waals surface area (Å²) in [6.07, 6.45) is 2.31. The second-order valence-electron chi connectivity index (χ2n) is 3.69. The number of aromatic nitrogens is 1. The van der Waals surface area contributed by atoms with Crippen molar-refractivity contribution in [3.63, 3.8) is 0 Å². The van der Waals surface area contributed by atoms with Crippen molar-refractivity contribution >= 4 is 12.1 Å². The summed E-state index contributed by atoms with van der Waals surface area (Å²) in [6, 6.07) is 10.8. The zero-order valence-electron chi connectivity index (χ0n) is 9.38. The Morgan fingerprint density at radius 1 is 1.18 bits per heavy atom. The van der Waals surface area contributed by atoms with Gasteiger partial charge in [0.25, 0.3) is 0 Å². The molecular formula is C14H11NO2. The Hall–Kier alpha value is -2.29. The van der Waals surface area contributed by atoms with E-state index in [0.29, 0.717) is 11.3 Å². The first kappa shape index (κ1) is 11.2. The number of rotatable bonds is 3. The number of benzene rings is 1. The first-order valence-corrected chi connectivity index (χ1v) is 5.24. The van der Waals surface area contributed by atoms with Gasteiger partial charge >= 0.3 is 0 Å². The van der Waals surface area contributed by atoms with E-state index in [-0.39, 0.29) is 5.78 Å². The van der Waals surface area contributed by atoms with Crippen LogP contribution in [-0.2, 0) is 0 Å². The first-order valence-electron chi connectivity index (χ1n) is 5.24. The van der Waals surface area contributed by atoms with Gasteiger partial charge in [-0.2, -0.15) is 0 Å². The van der Waals surface area contributed by atoms with Gasteiger partial charge in [0.2, 0.25) is 0 Å². The largest absolute Gasteiger partial charge is 0.296 e. The Balaban J connectivity index is 2.46. The molecule has 0 unspecified atom stereocenters. The summed E-state index contributed by atoms with van der Waals surface area (Å²) in [5.74, 6) is 0.0262. The van der Waals surface area contributed by atoms with Crippen molar-refractivity contribution in [3.8, 4) is 11.1 Å². The maximum absolute atomic E-state index is 11.1. The molecular weight excluding hydrogens is 214 g/mol. The van der Waals surface area contributed by atoms with Crippen molar-refractivity contribution < 1.29 is 9.59 Å². The van der Waals surface area contributed by atoms with Gasteiger partial charge in [-0.3, -0.25) is 14.6 Å². The van der Waals surface area contributed by atoms with E-state index in [1.165, 1.54) is 6.92 Å². The fourth-order valence-corrected chi connectivity index (χ4v) is 1.64. The third-order valence-corrected chi connectivity index (χ3v) is 2.55. The lowest BCUT2D eigenvalue weighted by molar-refractivity contribution is 0.101. The SMILES string of the molecule is CC(=O)c1ccc(-c2cccnc2C=O)cc1. The molecule has 84 valence electrons. The van der Waals surface area contributed by atoms with Crippen LogP contribution < -0.4 is 0 Å². The van der Waals surface area contributed by atoms with Crippen LogP contribution in [0.1, 0.15) is 27.8 Å². The summed E-state index contributed by atoms with van der Waals surface area (Å²) in [7, 11) is 0. The summed E-state index contributed by atoms with van der Waals surface area (Å²) < 4.78 is 0. The molecule has 0 fully saturated rings. The molecule has 0 atom stereocenters. The topological polar surface area (TPSA) is 47.0 Å². The molecule has 0 bridgehead atoms. The third-order valence-electron chi connectivity index (χ3n) is 2.55. The second-order valence-corrected chi connectivity index (χ2v) is 3.69. The number of aldehydes is 1. The fraction of sp³-hybridized carbons (Fsp3) is 0.0714. The molecule has 3 nitrogen and oxygen atoms in total. The number of hydrogen-bond donors (Lipinski definition) is 0. The zero-order valence-corrected chi connectivity index (χ0v) is 9.38. The maximum Gasteiger partial charge on any atom is 0.169 e. The molecule has 1 aromatic heterocycles. The van der Waals surface area contributed by atoms with Crippen molar-refractivity contribution in [3.05, 3.63) is 53.9 Å². The molecule has 0 aliphatic carbocycles. The van der Waals surface area contributed by atoms with E-state index < -0.39 is 0 Å². The van der Waals surface area contributed by atoms with E-state index in [9.17, 15) is 9.59 Å². The number of carbonyl (C=O) groups excluding carboxylic acids is 2. The lowest BCUT2D eigenvalue weighted by Gasteiger charge is -2.04. The summed E-state index contributed by atoms with van der Waals surface area (Å²) in [5.41, 5.74) is 2.72. The van der Waals surface area contributed by atoms with E-state index in [1.807, 2.05) is 18.2 Å². The van der Waals surface area contributed by atoms with E-state index in [1.54, 1.807) is 24.4 Å². The molecule has 3 heteroatoms. The molecule has 0 spiro atoms. The number of pyridine rings is 1. The first-order chi connectivity index (χ1) is 8.22. The summed E-state index contributed by atoms with van der Waals surface area (Å²) in [4.78, 5) is 26.0. The van der Waals surface area contributed by atoms with Gasteiger partial charge in [0.15, 0.2) is 12.1 Å². The standard InChI is InChI=1S/C14H11NO2/c1-10(17)11-4-6-12(7-5-11)13-3-2-8-15-14(13)9-16/h2-9H,1H3. The Kier molecular flexibility index (Phi) is 3.10. The fourth-order valence-electron chi connectivity index (χ4n) is 1.64. The molecule has 0 saturated carbocycles. The van der Waals surface area contributed by atoms with Crippen LogP contribution in [0.2, 0.25) is 0 Å². The minimum absolute atomic E-state index is 0.0262. The molecule has 2 aromatic rings. The van der Waals surface area contributed by atoms with Gasteiger partial charge in [0.05, 0.1) is 0 Å². The highest BCUT2D eigenvalue weighted by atomic mass is 16.1. The molecule has 0 aliphatic rings. The van der Waals surface area contributed by atoms with E-state index in [4.69, 9.17) is 0 Å². The van der Waals surface area contributed by atoms with Gasteiger partial charge in [0.1, 0.15) is 5.69 Å². The van der Waals surface area contributed by atoms with E-state index in [2.05, 4.69) is 4.98 Å². The highest BCUT2D eigenvalue weighted by molar-refractivity contribution is 5.95. The van der Waals surface area contributed by atoms with Gasteiger partial charge in [0, 0.05) is 17.3 Å². The van der Waals surface area contributed by atoms with Gasteiger partial charge in [-0.15, -0.1) is 0 Å². The molecule has 0 radical (unpaired) electrons. The smallest absolute Gasteiger partial charge is 0.169 e. The van der Waals surface area contributed by atoms with Crippen molar-refractivity contribution in [2.75, 3.05) is 0 Å². The quantitative estimate of drug-likeness (QED) is 0.596. The Bertz CT molecular complexity index is 559. The maximum atomic E-state index is 11.1. The van der Waals surface area contributed by atoms with Gasteiger partial charge < -0.3 is 0 Å². The Labute approximate surface area is 99.1 Å². The molecule has 17 heavy (non-hydrogen) atoms. The number of nitrogens with zero attached hydrogens (tertiary/aromatic N) is 1. The monoisotopic (exact) mass is 225 g/mol. The summed E-state index contributed by atoms with van der Waals surface area (Å²) in [5, 5.41) is 0. The third kappa shape index (κ3) is 2.28. The van der Waals surface area contributed by atoms with Crippen molar-refractivity contribution in [2.24, 2.45) is 0 Å². The van der Waals surface area contributed by atoms with Crippen molar-refractivity contribution in [1.29, 1.82) is 0 Å². The molecule has 1 aromatic carbocycles. The van der Waals surface area contributed by atoms with Crippen LogP contribution in [0.4, 0.5) is 0 Å². The van der Waals surface area contributed by atoms with Gasteiger partial charge in [-0.05, 0) is 18.6 Å². The van der Waals surface area contributed by atoms with Crippen LogP contribution in [0.15, 0.2) is 42.6 Å². The van der Waals surface area contributed by atoms with Crippen LogP contribution in [-0.4, -0.2) is 17.1 Å². The van der Waals surface area contributed by atoms with E-state index >= 15 is 0 Å². The second kappa shape index (κ2) is 4.70. The minimum Gasteiger partial charge on any atom is -0.296 e. The predicted octanol–water partition coefficient (Wildman–Crippen LogP) is 2.76. The average molecular weight is 225 g/mol. The van der Waals surface area contributed by atoms with Gasteiger partial charge in [-0.25, -0.2) is 0 Å². The number of Topliss-reactive ketones (excluding diaryl/α,β-unsaturated/α-hetero) is 1. The Morgan fingerprint density at radius 3 is 2.47 bits per heavy atom. The van der Waals surface area contributed by atoms with Crippen LogP contribution in [0, 0.1) is 0 Å². The average Bonchev–Trinajstić information content (AvgIpc) is 2.39. The Morgan fingerprint density at radius 2 is 1.88 bits per heavy atom. The lowest BCUT2D eigenvalue weighted by Crippen LogP contribution is -1.93. The number of carbonyl (C=O) groups is 2. The lowest BCUT2D eigenvalue weighted by atomic mass is 10.0. The molecule has 0 aliphatic heterocycles. The molecule has 2 rings (SSSR count). The highest BCUT2D eigenvalue weighted by Gasteiger charge is 2.05. The molecule has 1 heterocycles. The van der Waals surface area contributed by atoms with Crippen LogP contribution in [0.3, 0.4) is 0 Å². The van der Waals surface area contributed by atoms with Crippen LogP contribution in [0.5, 0.6) is 0 Å². The summed E-state index contributed by atoms with van der Waals surface area (Å²) in [6.45, 7) is 1.52. The summed E-state index contributed by atoms with van der Waals surface area (Å²) >= 11 is 0. The van der Waals surface area contributed by atoms with Crippen molar-refractivity contribution in [1.82, 2.24) is 4.98 Å². The van der Waals surface area contributed by atoms with Crippen molar-refractivity contribution in [2.45, 2.75) is 6.92 Å². The normalized spacial score (nSPS) is 9.94. The molecule has 0 amide bonds. The van der Waals surface area contributed by atoms with Gasteiger partial charge in [-0.1, -0.05) is 30.3 Å². The minimum atomic E-state index is 0.0262. The number of ketones is 1. The van der Waals surface area contributed by atoms with Crippen LogP contribution >= 0.6 is 0 Å². The molecule has 0 N–H and O–H groups in total. The van der Waals surface area contributed by atoms with Crippen LogP contribution in [0.25, 0.3) is 11.1 Å². The number of hydrogen-bond acceptors (Lipinski definition) is 3. The predicted molar refractivity (Wildman–Crippen MR) is 65.1 cm³/mol. The molecule has 0 saturated heterocycles. The zero-order chi connectivity index (χ0) is 12.3. The van der Waals surface area contributed by atoms with E-state index in [0.717, 1.165) is 17.4 Å². The highest BCUT2D eigenvalue weighted by Crippen LogP contribution is 2.21.